The summed E-state index contributed by atoms with van der Waals surface area (Å²) in [4.78, 5) is 13.3. The number of amides is 1. The van der Waals surface area contributed by atoms with E-state index in [1.54, 1.807) is 19.2 Å². The average molecular weight is 266 g/mol. The molecule has 0 aliphatic carbocycles. The molecule has 106 valence electrons. The van der Waals surface area contributed by atoms with Crippen molar-refractivity contribution in [3.63, 3.8) is 0 Å². The van der Waals surface area contributed by atoms with Crippen LogP contribution in [0.15, 0.2) is 18.2 Å². The number of rotatable bonds is 8. The highest BCUT2D eigenvalue weighted by Crippen LogP contribution is 2.17. The molecule has 6 nitrogen and oxygen atoms in total. The third kappa shape index (κ3) is 5.15. The van der Waals surface area contributed by atoms with E-state index in [-0.39, 0.29) is 0 Å². The molecule has 0 spiro atoms. The van der Waals surface area contributed by atoms with Crippen LogP contribution in [-0.4, -0.2) is 51.2 Å². The first kappa shape index (κ1) is 15.3. The van der Waals surface area contributed by atoms with Crippen LogP contribution in [0.1, 0.15) is 10.4 Å². The normalized spacial score (nSPS) is 10.7. The number of primary amides is 1. The molecular formula is C13H22N4O2. The maximum atomic E-state index is 11.2. The van der Waals surface area contributed by atoms with Gasteiger partial charge in [-0.15, -0.1) is 0 Å². The fraction of sp³-hybridized carbons (Fsp3) is 0.462. The zero-order chi connectivity index (χ0) is 14.3. The van der Waals surface area contributed by atoms with E-state index >= 15 is 0 Å². The molecule has 1 aromatic rings. The SMILES string of the molecule is COCCN(C)CCNc1ccc(N)c(C(N)=O)c1. The van der Waals surface area contributed by atoms with Crippen LogP contribution < -0.4 is 16.8 Å². The fourth-order valence-electron chi connectivity index (χ4n) is 1.63. The number of ether oxygens (including phenoxy) is 1. The van der Waals surface area contributed by atoms with Crippen molar-refractivity contribution in [2.24, 2.45) is 5.73 Å². The Labute approximate surface area is 113 Å². The Morgan fingerprint density at radius 3 is 2.79 bits per heavy atom. The highest BCUT2D eigenvalue weighted by Gasteiger charge is 2.06. The van der Waals surface area contributed by atoms with Crippen LogP contribution >= 0.6 is 0 Å². The first-order chi connectivity index (χ1) is 9.04. The number of carbonyl (C=O) groups is 1. The number of methoxy groups -OCH3 is 1. The van der Waals surface area contributed by atoms with Gasteiger partial charge in [0.2, 0.25) is 0 Å². The van der Waals surface area contributed by atoms with Crippen LogP contribution in [0.4, 0.5) is 11.4 Å². The number of anilines is 2. The maximum absolute atomic E-state index is 11.2. The van der Waals surface area contributed by atoms with Gasteiger partial charge in [-0.05, 0) is 25.2 Å². The lowest BCUT2D eigenvalue weighted by Gasteiger charge is -2.17. The number of benzene rings is 1. The number of hydrogen-bond donors (Lipinski definition) is 3. The first-order valence-corrected chi connectivity index (χ1v) is 6.15. The predicted molar refractivity (Wildman–Crippen MR) is 77.2 cm³/mol. The van der Waals surface area contributed by atoms with Crippen molar-refractivity contribution in [1.29, 1.82) is 0 Å². The average Bonchev–Trinajstić information content (AvgIpc) is 2.38. The number of nitrogens with zero attached hydrogens (tertiary/aromatic N) is 1. The quantitative estimate of drug-likeness (QED) is 0.591. The molecule has 19 heavy (non-hydrogen) atoms. The Hall–Kier alpha value is -1.79. The zero-order valence-electron chi connectivity index (χ0n) is 11.5. The van der Waals surface area contributed by atoms with Crippen molar-refractivity contribution in [1.82, 2.24) is 4.90 Å². The number of nitrogens with two attached hydrogens (primary N) is 2. The summed E-state index contributed by atoms with van der Waals surface area (Å²) in [6.45, 7) is 3.23. The van der Waals surface area contributed by atoms with Gasteiger partial charge in [-0.3, -0.25) is 4.79 Å². The standard InChI is InChI=1S/C13H22N4O2/c1-17(7-8-19-2)6-5-16-10-3-4-12(14)11(9-10)13(15)18/h3-4,9,16H,5-8,14H2,1-2H3,(H2,15,18). The molecule has 0 saturated heterocycles. The Morgan fingerprint density at radius 2 is 2.16 bits per heavy atom. The van der Waals surface area contributed by atoms with Crippen LogP contribution in [0.5, 0.6) is 0 Å². The van der Waals surface area contributed by atoms with E-state index in [9.17, 15) is 4.79 Å². The Kier molecular flexibility index (Phi) is 6.11. The first-order valence-electron chi connectivity index (χ1n) is 6.15. The van der Waals surface area contributed by atoms with Gasteiger partial charge in [-0.1, -0.05) is 0 Å². The van der Waals surface area contributed by atoms with Crippen molar-refractivity contribution in [2.45, 2.75) is 0 Å². The summed E-state index contributed by atoms with van der Waals surface area (Å²) >= 11 is 0. The maximum Gasteiger partial charge on any atom is 0.250 e. The third-order valence-corrected chi connectivity index (χ3v) is 2.82. The minimum atomic E-state index is -0.515. The summed E-state index contributed by atoms with van der Waals surface area (Å²) in [5.41, 5.74) is 12.5. The summed E-state index contributed by atoms with van der Waals surface area (Å²) in [5, 5.41) is 3.23. The summed E-state index contributed by atoms with van der Waals surface area (Å²) in [7, 11) is 3.71. The fourth-order valence-corrected chi connectivity index (χ4v) is 1.63. The highest BCUT2D eigenvalue weighted by atomic mass is 16.5. The van der Waals surface area contributed by atoms with E-state index in [0.717, 1.165) is 25.3 Å². The molecule has 5 N–H and O–H groups in total. The van der Waals surface area contributed by atoms with E-state index in [2.05, 4.69) is 10.2 Å². The Morgan fingerprint density at radius 1 is 1.42 bits per heavy atom. The molecule has 0 unspecified atom stereocenters. The molecule has 0 atom stereocenters. The molecule has 0 heterocycles. The van der Waals surface area contributed by atoms with Crippen LogP contribution in [0.25, 0.3) is 0 Å². The van der Waals surface area contributed by atoms with Crippen molar-refractivity contribution in [2.75, 3.05) is 51.4 Å². The van der Waals surface area contributed by atoms with Gasteiger partial charge < -0.3 is 26.4 Å². The van der Waals surface area contributed by atoms with Gasteiger partial charge in [0.05, 0.1) is 12.2 Å². The number of likely N-dealkylation sites (N-methyl/N-ethyl adjacent to an activating group) is 1. The number of nitrogen functional groups attached to an aromatic ring is 1. The van der Waals surface area contributed by atoms with E-state index in [1.165, 1.54) is 0 Å². The van der Waals surface area contributed by atoms with Crippen LogP contribution in [0, 0.1) is 0 Å². The topological polar surface area (TPSA) is 93.6 Å². The molecule has 0 radical (unpaired) electrons. The smallest absolute Gasteiger partial charge is 0.250 e. The lowest BCUT2D eigenvalue weighted by atomic mass is 10.1. The lowest BCUT2D eigenvalue weighted by molar-refractivity contribution is 0.100. The lowest BCUT2D eigenvalue weighted by Crippen LogP contribution is -2.28. The molecule has 0 aliphatic heterocycles. The molecule has 0 bridgehead atoms. The molecule has 0 aromatic heterocycles. The second kappa shape index (κ2) is 7.60. The second-order valence-corrected chi connectivity index (χ2v) is 4.39. The molecule has 0 aliphatic rings. The molecule has 0 fully saturated rings. The van der Waals surface area contributed by atoms with Gasteiger partial charge >= 0.3 is 0 Å². The molecule has 1 amide bonds. The van der Waals surface area contributed by atoms with Crippen LogP contribution in [-0.2, 0) is 4.74 Å². The van der Waals surface area contributed by atoms with Crippen molar-refractivity contribution in [3.8, 4) is 0 Å². The monoisotopic (exact) mass is 266 g/mol. The zero-order valence-corrected chi connectivity index (χ0v) is 11.5. The Balaban J connectivity index is 2.45. The largest absolute Gasteiger partial charge is 0.398 e. The highest BCUT2D eigenvalue weighted by molar-refractivity contribution is 5.98. The van der Waals surface area contributed by atoms with Crippen molar-refractivity contribution >= 4 is 17.3 Å². The van der Waals surface area contributed by atoms with Crippen LogP contribution in [0.3, 0.4) is 0 Å². The molecule has 1 aromatic carbocycles. The van der Waals surface area contributed by atoms with Gasteiger partial charge in [0.15, 0.2) is 0 Å². The van der Waals surface area contributed by atoms with E-state index < -0.39 is 5.91 Å². The molecule has 0 saturated carbocycles. The van der Waals surface area contributed by atoms with E-state index in [0.29, 0.717) is 17.9 Å². The predicted octanol–water partition coefficient (Wildman–Crippen LogP) is 0.358. The van der Waals surface area contributed by atoms with Gasteiger partial charge in [-0.2, -0.15) is 0 Å². The van der Waals surface area contributed by atoms with Gasteiger partial charge in [0, 0.05) is 38.1 Å². The minimum Gasteiger partial charge on any atom is -0.398 e. The minimum absolute atomic E-state index is 0.345. The van der Waals surface area contributed by atoms with E-state index in [4.69, 9.17) is 16.2 Å². The van der Waals surface area contributed by atoms with Gasteiger partial charge in [0.25, 0.3) is 5.91 Å². The van der Waals surface area contributed by atoms with Crippen molar-refractivity contribution in [3.05, 3.63) is 23.8 Å². The van der Waals surface area contributed by atoms with Gasteiger partial charge in [-0.25, -0.2) is 0 Å². The third-order valence-electron chi connectivity index (χ3n) is 2.82. The summed E-state index contributed by atoms with van der Waals surface area (Å²) in [6.07, 6.45) is 0. The van der Waals surface area contributed by atoms with Crippen molar-refractivity contribution < 1.29 is 9.53 Å². The molecular weight excluding hydrogens is 244 g/mol. The van der Waals surface area contributed by atoms with Gasteiger partial charge in [0.1, 0.15) is 0 Å². The Bertz CT molecular complexity index is 423. The number of nitrogens with one attached hydrogen (secondary N) is 1. The summed E-state index contributed by atoms with van der Waals surface area (Å²) in [6, 6.07) is 5.18. The molecule has 6 heteroatoms. The van der Waals surface area contributed by atoms with E-state index in [1.807, 2.05) is 13.1 Å². The summed E-state index contributed by atoms with van der Waals surface area (Å²) in [5.74, 6) is -0.515. The molecule has 1 rings (SSSR count). The number of hydrogen-bond acceptors (Lipinski definition) is 5. The van der Waals surface area contributed by atoms with Crippen LogP contribution in [0.2, 0.25) is 0 Å². The summed E-state index contributed by atoms with van der Waals surface area (Å²) < 4.78 is 5.01. The number of carbonyl (C=O) groups excluding carboxylic acids is 1. The second-order valence-electron chi connectivity index (χ2n) is 4.39.